The van der Waals surface area contributed by atoms with E-state index in [1.165, 1.54) is 12.1 Å². The van der Waals surface area contributed by atoms with Crippen LogP contribution in [0.15, 0.2) is 16.6 Å². The molecule has 1 atom stereocenters. The Labute approximate surface area is 96.0 Å². The van der Waals surface area contributed by atoms with Gasteiger partial charge in [-0.05, 0) is 47.4 Å². The highest BCUT2D eigenvalue weighted by Gasteiger charge is 2.23. The van der Waals surface area contributed by atoms with E-state index in [4.69, 9.17) is 0 Å². The Morgan fingerprint density at radius 1 is 1.27 bits per heavy atom. The number of nitrogens with one attached hydrogen (secondary N) is 1. The Hall–Kier alpha value is -0.480. The molecule has 0 aliphatic carbocycles. The SMILES string of the molecule is Fc1ccc(Br)c(F)c1[C@@H]1CCCCN1. The summed E-state index contributed by atoms with van der Waals surface area (Å²) in [4.78, 5) is 0. The Morgan fingerprint density at radius 3 is 2.73 bits per heavy atom. The molecule has 1 aliphatic heterocycles. The molecular formula is C11H12BrF2N. The Bertz CT molecular complexity index is 362. The first-order valence-electron chi connectivity index (χ1n) is 5.07. The lowest BCUT2D eigenvalue weighted by atomic mass is 9.97. The van der Waals surface area contributed by atoms with E-state index in [1.54, 1.807) is 0 Å². The van der Waals surface area contributed by atoms with E-state index in [0.29, 0.717) is 4.47 Å². The van der Waals surface area contributed by atoms with Crippen LogP contribution in [0, 0.1) is 11.6 Å². The molecule has 0 bridgehead atoms. The summed E-state index contributed by atoms with van der Waals surface area (Å²) in [7, 11) is 0. The molecule has 0 spiro atoms. The number of halogens is 3. The first-order chi connectivity index (χ1) is 7.20. The summed E-state index contributed by atoms with van der Waals surface area (Å²) in [5.41, 5.74) is 0.170. The van der Waals surface area contributed by atoms with Crippen LogP contribution in [0.2, 0.25) is 0 Å². The van der Waals surface area contributed by atoms with Crippen LogP contribution in [0.25, 0.3) is 0 Å². The van der Waals surface area contributed by atoms with Crippen LogP contribution in [0.1, 0.15) is 30.9 Å². The quantitative estimate of drug-likeness (QED) is 0.773. The van der Waals surface area contributed by atoms with Gasteiger partial charge in [0.1, 0.15) is 11.6 Å². The highest BCUT2D eigenvalue weighted by molar-refractivity contribution is 9.10. The van der Waals surface area contributed by atoms with Gasteiger partial charge >= 0.3 is 0 Å². The third-order valence-electron chi connectivity index (χ3n) is 2.74. The van der Waals surface area contributed by atoms with Gasteiger partial charge in [0.05, 0.1) is 4.47 Å². The van der Waals surface area contributed by atoms with Crippen molar-refractivity contribution in [3.8, 4) is 0 Å². The topological polar surface area (TPSA) is 12.0 Å². The fourth-order valence-electron chi connectivity index (χ4n) is 1.96. The predicted octanol–water partition coefficient (Wildman–Crippen LogP) is 3.54. The number of piperidine rings is 1. The second-order valence-electron chi connectivity index (χ2n) is 3.76. The second kappa shape index (κ2) is 4.58. The molecular weight excluding hydrogens is 264 g/mol. The fraction of sp³-hybridized carbons (Fsp3) is 0.455. The van der Waals surface area contributed by atoms with Gasteiger partial charge in [0.2, 0.25) is 0 Å². The van der Waals surface area contributed by atoms with Gasteiger partial charge in [-0.15, -0.1) is 0 Å². The number of rotatable bonds is 1. The van der Waals surface area contributed by atoms with Crippen molar-refractivity contribution < 1.29 is 8.78 Å². The summed E-state index contributed by atoms with van der Waals surface area (Å²) >= 11 is 3.08. The third kappa shape index (κ3) is 2.21. The Balaban J connectivity index is 2.36. The Kier molecular flexibility index (Phi) is 3.36. The van der Waals surface area contributed by atoms with Gasteiger partial charge < -0.3 is 5.32 Å². The summed E-state index contributed by atoms with van der Waals surface area (Å²) < 4.78 is 27.6. The molecule has 0 saturated carbocycles. The first kappa shape index (κ1) is 11.0. The van der Waals surface area contributed by atoms with Crippen molar-refractivity contribution in [2.24, 2.45) is 0 Å². The van der Waals surface area contributed by atoms with Gasteiger partial charge in [-0.1, -0.05) is 6.42 Å². The molecule has 1 fully saturated rings. The van der Waals surface area contributed by atoms with E-state index in [1.807, 2.05) is 0 Å². The number of hydrogen-bond donors (Lipinski definition) is 1. The molecule has 0 radical (unpaired) electrons. The van der Waals surface area contributed by atoms with E-state index < -0.39 is 11.6 Å². The lowest BCUT2D eigenvalue weighted by Gasteiger charge is -2.24. The van der Waals surface area contributed by atoms with Crippen molar-refractivity contribution in [1.29, 1.82) is 0 Å². The number of benzene rings is 1. The van der Waals surface area contributed by atoms with E-state index in [0.717, 1.165) is 25.8 Å². The maximum absolute atomic E-state index is 13.7. The van der Waals surface area contributed by atoms with E-state index in [-0.39, 0.29) is 11.6 Å². The smallest absolute Gasteiger partial charge is 0.145 e. The number of hydrogen-bond acceptors (Lipinski definition) is 1. The zero-order valence-electron chi connectivity index (χ0n) is 8.19. The zero-order chi connectivity index (χ0) is 10.8. The maximum atomic E-state index is 13.7. The van der Waals surface area contributed by atoms with Crippen LogP contribution < -0.4 is 5.32 Å². The zero-order valence-corrected chi connectivity index (χ0v) is 9.78. The molecule has 1 N–H and O–H groups in total. The molecule has 0 amide bonds. The van der Waals surface area contributed by atoms with Gasteiger partial charge in [-0.3, -0.25) is 0 Å². The first-order valence-corrected chi connectivity index (χ1v) is 5.86. The lowest BCUT2D eigenvalue weighted by molar-refractivity contribution is 0.384. The van der Waals surface area contributed by atoms with Crippen molar-refractivity contribution in [1.82, 2.24) is 5.32 Å². The maximum Gasteiger partial charge on any atom is 0.145 e. The average Bonchev–Trinajstić information content (AvgIpc) is 2.26. The average molecular weight is 276 g/mol. The lowest BCUT2D eigenvalue weighted by Crippen LogP contribution is -2.28. The fourth-order valence-corrected chi connectivity index (χ4v) is 2.31. The molecule has 15 heavy (non-hydrogen) atoms. The van der Waals surface area contributed by atoms with Crippen molar-refractivity contribution in [3.63, 3.8) is 0 Å². The second-order valence-corrected chi connectivity index (χ2v) is 4.61. The monoisotopic (exact) mass is 275 g/mol. The minimum atomic E-state index is -0.477. The third-order valence-corrected chi connectivity index (χ3v) is 3.35. The van der Waals surface area contributed by atoms with Crippen LogP contribution in [0.3, 0.4) is 0 Å². The molecule has 1 aromatic rings. The van der Waals surface area contributed by atoms with Crippen LogP contribution >= 0.6 is 15.9 Å². The van der Waals surface area contributed by atoms with E-state index in [2.05, 4.69) is 21.2 Å². The summed E-state index contributed by atoms with van der Waals surface area (Å²) in [5, 5.41) is 3.14. The van der Waals surface area contributed by atoms with Gasteiger partial charge in [-0.25, -0.2) is 8.78 Å². The molecule has 82 valence electrons. The predicted molar refractivity (Wildman–Crippen MR) is 58.7 cm³/mol. The van der Waals surface area contributed by atoms with Crippen molar-refractivity contribution in [3.05, 3.63) is 33.8 Å². The normalized spacial score (nSPS) is 21.7. The molecule has 1 aliphatic rings. The molecule has 1 saturated heterocycles. The van der Waals surface area contributed by atoms with Crippen LogP contribution in [0.4, 0.5) is 8.78 Å². The molecule has 4 heteroatoms. The standard InChI is InChI=1S/C11H12BrF2N/c12-7-4-5-8(13)10(11(7)14)9-3-1-2-6-15-9/h4-5,9,15H,1-3,6H2/t9-/m0/s1. The molecule has 1 aromatic carbocycles. The molecule has 2 rings (SSSR count). The van der Waals surface area contributed by atoms with Gasteiger partial charge in [0, 0.05) is 11.6 Å². The summed E-state index contributed by atoms with van der Waals surface area (Å²) in [6.07, 6.45) is 2.89. The minimum Gasteiger partial charge on any atom is -0.310 e. The summed E-state index contributed by atoms with van der Waals surface area (Å²) in [6.45, 7) is 0.829. The summed E-state index contributed by atoms with van der Waals surface area (Å²) in [6, 6.07) is 2.52. The van der Waals surface area contributed by atoms with Crippen molar-refractivity contribution in [2.75, 3.05) is 6.54 Å². The highest BCUT2D eigenvalue weighted by atomic mass is 79.9. The van der Waals surface area contributed by atoms with Gasteiger partial charge in [-0.2, -0.15) is 0 Å². The van der Waals surface area contributed by atoms with Crippen molar-refractivity contribution in [2.45, 2.75) is 25.3 Å². The molecule has 1 nitrogen and oxygen atoms in total. The minimum absolute atomic E-state index is 0.170. The molecule has 1 heterocycles. The van der Waals surface area contributed by atoms with Crippen LogP contribution in [-0.4, -0.2) is 6.54 Å². The van der Waals surface area contributed by atoms with E-state index >= 15 is 0 Å². The molecule has 0 unspecified atom stereocenters. The molecule has 0 aromatic heterocycles. The van der Waals surface area contributed by atoms with Gasteiger partial charge in [0.15, 0.2) is 0 Å². The summed E-state index contributed by atoms with van der Waals surface area (Å²) in [5.74, 6) is -0.940. The Morgan fingerprint density at radius 2 is 2.07 bits per heavy atom. The van der Waals surface area contributed by atoms with Crippen LogP contribution in [0.5, 0.6) is 0 Å². The largest absolute Gasteiger partial charge is 0.310 e. The highest BCUT2D eigenvalue weighted by Crippen LogP contribution is 2.30. The van der Waals surface area contributed by atoms with Gasteiger partial charge in [0.25, 0.3) is 0 Å². The van der Waals surface area contributed by atoms with Crippen LogP contribution in [-0.2, 0) is 0 Å². The van der Waals surface area contributed by atoms with E-state index in [9.17, 15) is 8.78 Å². The van der Waals surface area contributed by atoms with Crippen molar-refractivity contribution >= 4 is 15.9 Å².